The van der Waals surface area contributed by atoms with E-state index in [-0.39, 0.29) is 30.9 Å². The number of aliphatic hydroxyl groups excluding tert-OH is 1. The van der Waals surface area contributed by atoms with Crippen LogP contribution in [-0.4, -0.2) is 37.3 Å². The molecule has 0 spiro atoms. The van der Waals surface area contributed by atoms with Gasteiger partial charge in [0.2, 0.25) is 0 Å². The largest absolute Gasteiger partial charge is 0.469 e. The van der Waals surface area contributed by atoms with Crippen molar-refractivity contribution < 1.29 is 37.4 Å². The molecule has 0 fully saturated rings. The van der Waals surface area contributed by atoms with Crippen LogP contribution in [0.5, 0.6) is 0 Å². The molecule has 0 bridgehead atoms. The number of nitrogens with one attached hydrogen (secondary N) is 2. The van der Waals surface area contributed by atoms with E-state index in [2.05, 4.69) is 14.9 Å². The molecule has 0 saturated carbocycles. The number of rotatable bonds is 8. The number of amides is 1. The number of anilines is 2. The van der Waals surface area contributed by atoms with Crippen molar-refractivity contribution in [3.63, 3.8) is 0 Å². The lowest BCUT2D eigenvalue weighted by Gasteiger charge is -2.14. The summed E-state index contributed by atoms with van der Waals surface area (Å²) in [6.45, 7) is -0.583. The molecule has 10 heteroatoms. The SMILES string of the molecule is COC(=O)Cc1ccc(Nc2c(C(=O)NOCCO)ccc(F)c2F)c(F)c1. The molecular weight excluding hydrogens is 381 g/mol. The Balaban J connectivity index is 2.31. The number of carbonyl (C=O) groups excluding carboxylic acids is 2. The van der Waals surface area contributed by atoms with Crippen molar-refractivity contribution in [2.75, 3.05) is 25.6 Å². The van der Waals surface area contributed by atoms with Crippen LogP contribution in [0.3, 0.4) is 0 Å². The summed E-state index contributed by atoms with van der Waals surface area (Å²) in [5.74, 6) is -5.01. The van der Waals surface area contributed by atoms with Crippen LogP contribution in [0.2, 0.25) is 0 Å². The van der Waals surface area contributed by atoms with Gasteiger partial charge in [-0.25, -0.2) is 18.7 Å². The zero-order chi connectivity index (χ0) is 20.7. The van der Waals surface area contributed by atoms with E-state index in [0.717, 1.165) is 18.2 Å². The van der Waals surface area contributed by atoms with E-state index in [9.17, 15) is 22.8 Å². The van der Waals surface area contributed by atoms with Gasteiger partial charge in [-0.05, 0) is 29.8 Å². The van der Waals surface area contributed by atoms with Gasteiger partial charge >= 0.3 is 5.97 Å². The van der Waals surface area contributed by atoms with Crippen LogP contribution >= 0.6 is 0 Å². The number of carbonyl (C=O) groups is 2. The molecule has 0 aliphatic heterocycles. The van der Waals surface area contributed by atoms with Crippen LogP contribution in [0.1, 0.15) is 15.9 Å². The van der Waals surface area contributed by atoms with Gasteiger partial charge in [-0.1, -0.05) is 6.07 Å². The van der Waals surface area contributed by atoms with Gasteiger partial charge in [-0.2, -0.15) is 0 Å². The Morgan fingerprint density at radius 3 is 2.50 bits per heavy atom. The number of benzene rings is 2. The molecule has 0 aromatic heterocycles. The average Bonchev–Trinajstić information content (AvgIpc) is 2.67. The molecule has 150 valence electrons. The highest BCUT2D eigenvalue weighted by Gasteiger charge is 2.20. The van der Waals surface area contributed by atoms with E-state index in [0.29, 0.717) is 5.56 Å². The smallest absolute Gasteiger partial charge is 0.309 e. The summed E-state index contributed by atoms with van der Waals surface area (Å²) in [6.07, 6.45) is -0.169. The van der Waals surface area contributed by atoms with Crippen LogP contribution in [0.15, 0.2) is 30.3 Å². The first-order valence-corrected chi connectivity index (χ1v) is 8.00. The molecule has 7 nitrogen and oxygen atoms in total. The number of esters is 1. The summed E-state index contributed by atoms with van der Waals surface area (Å²) in [4.78, 5) is 28.0. The van der Waals surface area contributed by atoms with Crippen LogP contribution in [-0.2, 0) is 20.8 Å². The van der Waals surface area contributed by atoms with Gasteiger partial charge in [-0.3, -0.25) is 14.4 Å². The Hall–Kier alpha value is -3.11. The number of halogens is 3. The van der Waals surface area contributed by atoms with Crippen molar-refractivity contribution in [1.29, 1.82) is 0 Å². The van der Waals surface area contributed by atoms with Crippen LogP contribution in [0, 0.1) is 17.5 Å². The lowest BCUT2D eigenvalue weighted by atomic mass is 10.1. The first-order chi connectivity index (χ1) is 13.4. The van der Waals surface area contributed by atoms with Crippen molar-refractivity contribution in [3.05, 3.63) is 58.9 Å². The molecule has 3 N–H and O–H groups in total. The fraction of sp³-hybridized carbons (Fsp3) is 0.222. The third kappa shape index (κ3) is 5.21. The minimum atomic E-state index is -1.40. The molecule has 0 aliphatic carbocycles. The van der Waals surface area contributed by atoms with E-state index in [1.54, 1.807) is 0 Å². The Bertz CT molecular complexity index is 877. The predicted molar refractivity (Wildman–Crippen MR) is 92.3 cm³/mol. The number of hydroxylamine groups is 1. The molecule has 0 heterocycles. The van der Waals surface area contributed by atoms with Gasteiger partial charge in [0.05, 0.1) is 43.7 Å². The maximum absolute atomic E-state index is 14.3. The van der Waals surface area contributed by atoms with E-state index in [1.807, 2.05) is 5.48 Å². The van der Waals surface area contributed by atoms with Crippen LogP contribution in [0.4, 0.5) is 24.5 Å². The quantitative estimate of drug-likeness (QED) is 0.359. The Morgan fingerprint density at radius 1 is 1.11 bits per heavy atom. The third-order valence-corrected chi connectivity index (χ3v) is 3.57. The second kappa shape index (κ2) is 9.72. The standard InChI is InChI=1S/C18H17F3N2O5/c1-27-15(25)9-10-2-5-14(13(20)8-10)22-17-11(3-4-12(19)16(17)21)18(26)23-28-7-6-24/h2-5,8,22,24H,6-7,9H2,1H3,(H,23,26). The topological polar surface area (TPSA) is 96.9 Å². The second-order valence-corrected chi connectivity index (χ2v) is 5.48. The van der Waals surface area contributed by atoms with Crippen molar-refractivity contribution in [2.24, 2.45) is 0 Å². The zero-order valence-electron chi connectivity index (χ0n) is 14.7. The number of hydrogen-bond acceptors (Lipinski definition) is 6. The second-order valence-electron chi connectivity index (χ2n) is 5.48. The number of aliphatic hydroxyl groups is 1. The van der Waals surface area contributed by atoms with Crippen molar-refractivity contribution >= 4 is 23.3 Å². The summed E-state index contributed by atoms with van der Waals surface area (Å²) in [6, 6.07) is 5.35. The summed E-state index contributed by atoms with van der Waals surface area (Å²) in [7, 11) is 1.19. The lowest BCUT2D eigenvalue weighted by molar-refractivity contribution is -0.139. The molecular formula is C18H17F3N2O5. The van der Waals surface area contributed by atoms with Crippen molar-refractivity contribution in [3.8, 4) is 0 Å². The summed E-state index contributed by atoms with van der Waals surface area (Å²) in [5, 5.41) is 11.0. The molecule has 0 atom stereocenters. The minimum absolute atomic E-state index is 0.169. The van der Waals surface area contributed by atoms with Crippen LogP contribution < -0.4 is 10.8 Å². The van der Waals surface area contributed by atoms with E-state index in [4.69, 9.17) is 5.11 Å². The van der Waals surface area contributed by atoms with Crippen molar-refractivity contribution in [2.45, 2.75) is 6.42 Å². The zero-order valence-corrected chi connectivity index (χ0v) is 14.7. The minimum Gasteiger partial charge on any atom is -0.469 e. The van der Waals surface area contributed by atoms with Gasteiger partial charge in [0.1, 0.15) is 5.82 Å². The van der Waals surface area contributed by atoms with Gasteiger partial charge < -0.3 is 15.2 Å². The first-order valence-electron chi connectivity index (χ1n) is 8.00. The molecule has 2 aromatic rings. The Kier molecular flexibility index (Phi) is 7.36. The third-order valence-electron chi connectivity index (χ3n) is 3.57. The molecule has 28 heavy (non-hydrogen) atoms. The molecule has 2 rings (SSSR count). The van der Waals surface area contributed by atoms with Gasteiger partial charge in [0.25, 0.3) is 5.91 Å². The summed E-state index contributed by atoms with van der Waals surface area (Å²) in [5.41, 5.74) is 1.06. The molecule has 0 unspecified atom stereocenters. The number of methoxy groups -OCH3 is 1. The van der Waals surface area contributed by atoms with Crippen LogP contribution in [0.25, 0.3) is 0 Å². The fourth-order valence-electron chi connectivity index (χ4n) is 2.22. The molecule has 0 radical (unpaired) electrons. The van der Waals surface area contributed by atoms with Gasteiger partial charge in [0.15, 0.2) is 11.6 Å². The van der Waals surface area contributed by atoms with Crippen molar-refractivity contribution in [1.82, 2.24) is 5.48 Å². The van der Waals surface area contributed by atoms with E-state index >= 15 is 0 Å². The Morgan fingerprint density at radius 2 is 1.86 bits per heavy atom. The molecule has 1 amide bonds. The highest BCUT2D eigenvalue weighted by atomic mass is 19.2. The normalized spacial score (nSPS) is 10.5. The van der Waals surface area contributed by atoms with E-state index in [1.165, 1.54) is 19.2 Å². The molecule has 0 saturated heterocycles. The highest BCUT2D eigenvalue weighted by molar-refractivity contribution is 6.00. The van der Waals surface area contributed by atoms with Gasteiger partial charge in [-0.15, -0.1) is 0 Å². The summed E-state index contributed by atoms with van der Waals surface area (Å²) >= 11 is 0. The monoisotopic (exact) mass is 398 g/mol. The lowest BCUT2D eigenvalue weighted by Crippen LogP contribution is -2.26. The molecule has 0 aliphatic rings. The Labute approximate surface area is 158 Å². The van der Waals surface area contributed by atoms with E-state index < -0.39 is 35.0 Å². The maximum atomic E-state index is 14.3. The first kappa shape index (κ1) is 21.2. The maximum Gasteiger partial charge on any atom is 0.309 e. The van der Waals surface area contributed by atoms with Gasteiger partial charge in [0, 0.05) is 0 Å². The number of hydrogen-bond donors (Lipinski definition) is 3. The predicted octanol–water partition coefficient (Wildman–Crippen LogP) is 2.22. The fourth-order valence-corrected chi connectivity index (χ4v) is 2.22. The summed E-state index contributed by atoms with van der Waals surface area (Å²) < 4.78 is 46.7. The molecule has 2 aromatic carbocycles. The number of ether oxygens (including phenoxy) is 1. The average molecular weight is 398 g/mol. The highest BCUT2D eigenvalue weighted by Crippen LogP contribution is 2.28.